The Kier molecular flexibility index (Phi) is 5.33. The minimum Gasteiger partial charge on any atom is -0.382 e. The van der Waals surface area contributed by atoms with Gasteiger partial charge in [0.25, 0.3) is 0 Å². The number of nitrogens with zero attached hydrogens (tertiary/aromatic N) is 2. The van der Waals surface area contributed by atoms with Crippen molar-refractivity contribution >= 4 is 28.5 Å². The minimum absolute atomic E-state index is 0.652. The van der Waals surface area contributed by atoms with Crippen LogP contribution in [0.2, 0.25) is 5.02 Å². The number of aromatic amines is 1. The van der Waals surface area contributed by atoms with Crippen LogP contribution >= 0.6 is 11.6 Å². The Balaban J connectivity index is 1.91. The van der Waals surface area contributed by atoms with Crippen LogP contribution in [0.5, 0.6) is 0 Å². The Labute approximate surface area is 146 Å². The smallest absolute Gasteiger partial charge is 0.163 e. The number of hydrogen-bond donors (Lipinski definition) is 2. The van der Waals surface area contributed by atoms with Crippen LogP contribution in [0.15, 0.2) is 30.3 Å². The van der Waals surface area contributed by atoms with Crippen LogP contribution in [0.4, 0.5) is 5.82 Å². The van der Waals surface area contributed by atoms with Gasteiger partial charge in [-0.05, 0) is 38.5 Å². The molecule has 2 N–H and O–H groups in total. The van der Waals surface area contributed by atoms with E-state index in [0.29, 0.717) is 10.8 Å². The predicted molar refractivity (Wildman–Crippen MR) is 98.7 cm³/mol. The summed E-state index contributed by atoms with van der Waals surface area (Å²) >= 11 is 6.10. The summed E-state index contributed by atoms with van der Waals surface area (Å²) in [5.41, 5.74) is 2.78. The highest BCUT2D eigenvalue weighted by molar-refractivity contribution is 6.30. The molecule has 3 aromatic rings. The second kappa shape index (κ2) is 7.64. The number of nitrogens with one attached hydrogen (secondary N) is 2. The summed E-state index contributed by atoms with van der Waals surface area (Å²) in [4.78, 5) is 12.6. The molecule has 0 aliphatic heterocycles. The van der Waals surface area contributed by atoms with Gasteiger partial charge in [0, 0.05) is 36.0 Å². The van der Waals surface area contributed by atoms with Gasteiger partial charge in [0.2, 0.25) is 0 Å². The number of H-pyrrole nitrogens is 1. The highest BCUT2D eigenvalue weighted by atomic mass is 35.5. The number of ether oxygens (including phenoxy) is 1. The third-order valence-electron chi connectivity index (χ3n) is 3.67. The van der Waals surface area contributed by atoms with Gasteiger partial charge in [0.15, 0.2) is 5.82 Å². The Morgan fingerprint density at radius 1 is 1.25 bits per heavy atom. The molecule has 0 amide bonds. The molecule has 0 unspecified atom stereocenters. The summed E-state index contributed by atoms with van der Waals surface area (Å²) in [6, 6.07) is 9.64. The quantitative estimate of drug-likeness (QED) is 0.622. The zero-order valence-corrected chi connectivity index (χ0v) is 14.7. The summed E-state index contributed by atoms with van der Waals surface area (Å²) in [5, 5.41) is 5.07. The summed E-state index contributed by atoms with van der Waals surface area (Å²) in [6.45, 7) is 6.30. The summed E-state index contributed by atoms with van der Waals surface area (Å²) in [5.74, 6) is 1.48. The van der Waals surface area contributed by atoms with E-state index in [1.54, 1.807) is 0 Å². The average Bonchev–Trinajstić information content (AvgIpc) is 2.95. The first-order chi connectivity index (χ1) is 11.7. The van der Waals surface area contributed by atoms with E-state index in [9.17, 15) is 0 Å². The molecule has 3 rings (SSSR count). The number of hydrogen-bond acceptors (Lipinski definition) is 4. The lowest BCUT2D eigenvalue weighted by molar-refractivity contribution is 0.147. The van der Waals surface area contributed by atoms with E-state index in [1.807, 2.05) is 38.1 Å². The van der Waals surface area contributed by atoms with Crippen LogP contribution in [0.1, 0.15) is 19.0 Å². The Morgan fingerprint density at radius 2 is 2.12 bits per heavy atom. The van der Waals surface area contributed by atoms with Crippen molar-refractivity contribution in [1.29, 1.82) is 0 Å². The van der Waals surface area contributed by atoms with Gasteiger partial charge >= 0.3 is 0 Å². The number of benzene rings is 1. The van der Waals surface area contributed by atoms with Crippen molar-refractivity contribution in [3.8, 4) is 11.4 Å². The number of halogens is 1. The summed E-state index contributed by atoms with van der Waals surface area (Å²) in [7, 11) is 0. The van der Waals surface area contributed by atoms with Crippen LogP contribution in [-0.4, -0.2) is 34.7 Å². The van der Waals surface area contributed by atoms with Gasteiger partial charge in [-0.1, -0.05) is 23.7 Å². The molecule has 2 aromatic heterocycles. The molecule has 0 atom stereocenters. The summed E-state index contributed by atoms with van der Waals surface area (Å²) in [6.07, 6.45) is 0.926. The first kappa shape index (κ1) is 16.7. The van der Waals surface area contributed by atoms with E-state index in [0.717, 1.165) is 54.3 Å². The molecule has 0 saturated carbocycles. The topological polar surface area (TPSA) is 62.8 Å². The highest BCUT2D eigenvalue weighted by Gasteiger charge is 2.11. The molecule has 0 aliphatic rings. The Hall–Kier alpha value is -2.11. The predicted octanol–water partition coefficient (Wildman–Crippen LogP) is 4.43. The molecule has 0 spiro atoms. The fourth-order valence-electron chi connectivity index (χ4n) is 2.56. The van der Waals surface area contributed by atoms with Crippen LogP contribution in [-0.2, 0) is 4.74 Å². The molecule has 0 bridgehead atoms. The van der Waals surface area contributed by atoms with E-state index in [-0.39, 0.29) is 0 Å². The highest BCUT2D eigenvalue weighted by Crippen LogP contribution is 2.26. The third-order valence-corrected chi connectivity index (χ3v) is 3.90. The number of aromatic nitrogens is 3. The van der Waals surface area contributed by atoms with Gasteiger partial charge in [-0.2, -0.15) is 0 Å². The van der Waals surface area contributed by atoms with Crippen molar-refractivity contribution in [3.63, 3.8) is 0 Å². The minimum atomic E-state index is 0.652. The maximum Gasteiger partial charge on any atom is 0.163 e. The van der Waals surface area contributed by atoms with Crippen molar-refractivity contribution in [3.05, 3.63) is 41.0 Å². The molecule has 0 fully saturated rings. The number of anilines is 1. The van der Waals surface area contributed by atoms with Crippen LogP contribution in [0.3, 0.4) is 0 Å². The molecule has 1 aromatic carbocycles. The number of aryl methyl sites for hydroxylation is 1. The zero-order valence-electron chi connectivity index (χ0n) is 13.9. The Bertz CT molecular complexity index is 831. The molecule has 5 nitrogen and oxygen atoms in total. The van der Waals surface area contributed by atoms with Gasteiger partial charge in [0.1, 0.15) is 11.5 Å². The maximum atomic E-state index is 6.10. The second-order valence-electron chi connectivity index (χ2n) is 5.60. The van der Waals surface area contributed by atoms with E-state index in [1.165, 1.54) is 0 Å². The molecule has 0 saturated heterocycles. The lowest BCUT2D eigenvalue weighted by atomic mass is 10.2. The van der Waals surface area contributed by atoms with Gasteiger partial charge in [-0.25, -0.2) is 9.97 Å². The lowest BCUT2D eigenvalue weighted by Crippen LogP contribution is -2.08. The molecule has 0 radical (unpaired) electrons. The Morgan fingerprint density at radius 3 is 2.92 bits per heavy atom. The first-order valence-corrected chi connectivity index (χ1v) is 8.50. The fourth-order valence-corrected chi connectivity index (χ4v) is 2.75. The van der Waals surface area contributed by atoms with Gasteiger partial charge < -0.3 is 15.0 Å². The van der Waals surface area contributed by atoms with Crippen molar-refractivity contribution in [2.75, 3.05) is 25.1 Å². The monoisotopic (exact) mass is 344 g/mol. The second-order valence-corrected chi connectivity index (χ2v) is 6.03. The van der Waals surface area contributed by atoms with Crippen LogP contribution in [0.25, 0.3) is 22.4 Å². The standard InChI is InChI=1S/C18H21ClN4O/c1-3-24-9-5-8-20-17-15-10-12(2)21-18(15)23-16(22-17)13-6-4-7-14(19)11-13/h4,6-7,10-11H,3,5,8-9H2,1-2H3,(H2,20,21,22,23). The molecular formula is C18H21ClN4O. The van der Waals surface area contributed by atoms with Gasteiger partial charge in [-0.3, -0.25) is 0 Å². The SMILES string of the molecule is CCOCCCNc1nc(-c2cccc(Cl)c2)nc2[nH]c(C)cc12. The van der Waals surface area contributed by atoms with Crippen LogP contribution in [0, 0.1) is 6.92 Å². The molecular weight excluding hydrogens is 324 g/mol. The lowest BCUT2D eigenvalue weighted by Gasteiger charge is -2.09. The molecule has 2 heterocycles. The number of rotatable bonds is 7. The third kappa shape index (κ3) is 3.86. The average molecular weight is 345 g/mol. The van der Waals surface area contributed by atoms with E-state index < -0.39 is 0 Å². The summed E-state index contributed by atoms with van der Waals surface area (Å²) < 4.78 is 5.38. The van der Waals surface area contributed by atoms with Crippen molar-refractivity contribution in [2.24, 2.45) is 0 Å². The fraction of sp³-hybridized carbons (Fsp3) is 0.333. The van der Waals surface area contributed by atoms with E-state index in [2.05, 4.69) is 21.4 Å². The molecule has 24 heavy (non-hydrogen) atoms. The first-order valence-electron chi connectivity index (χ1n) is 8.12. The number of fused-ring (bicyclic) bond motifs is 1. The zero-order chi connectivity index (χ0) is 16.9. The van der Waals surface area contributed by atoms with Crippen molar-refractivity contribution < 1.29 is 4.74 Å². The van der Waals surface area contributed by atoms with Crippen molar-refractivity contribution in [1.82, 2.24) is 15.0 Å². The van der Waals surface area contributed by atoms with Gasteiger partial charge in [-0.15, -0.1) is 0 Å². The van der Waals surface area contributed by atoms with E-state index in [4.69, 9.17) is 21.3 Å². The maximum absolute atomic E-state index is 6.10. The normalized spacial score (nSPS) is 11.1. The van der Waals surface area contributed by atoms with Gasteiger partial charge in [0.05, 0.1) is 5.39 Å². The molecule has 126 valence electrons. The molecule has 6 heteroatoms. The van der Waals surface area contributed by atoms with E-state index >= 15 is 0 Å². The van der Waals surface area contributed by atoms with Crippen molar-refractivity contribution in [2.45, 2.75) is 20.3 Å². The molecule has 0 aliphatic carbocycles. The largest absolute Gasteiger partial charge is 0.382 e. The van der Waals surface area contributed by atoms with Crippen LogP contribution < -0.4 is 5.32 Å².